The quantitative estimate of drug-likeness (QED) is 0.707. The van der Waals surface area contributed by atoms with Crippen LogP contribution in [-0.2, 0) is 28.4 Å². The molecule has 156 valence electrons. The number of hydrogen-bond acceptors (Lipinski definition) is 6. The fourth-order valence-corrected chi connectivity index (χ4v) is 2.96. The standard InChI is InChI=1S/C20H40O6/c1-18(2,3)24-14-13(12-21-10)23-17(26-20(7,8)9)16(22-11)15(14)25-19(4,5)6/h13-17H,12H2,1-11H3/t13?,14-,15+,16?,17-/m1/s1. The summed E-state index contributed by atoms with van der Waals surface area (Å²) < 4.78 is 36.3. The monoisotopic (exact) mass is 376 g/mol. The molecule has 1 rings (SSSR count). The second-order valence-electron chi connectivity index (χ2n) is 9.82. The fraction of sp³-hybridized carbons (Fsp3) is 1.00. The summed E-state index contributed by atoms with van der Waals surface area (Å²) in [5.41, 5.74) is -1.12. The lowest BCUT2D eigenvalue weighted by Crippen LogP contribution is -2.64. The first-order chi connectivity index (χ1) is 11.7. The van der Waals surface area contributed by atoms with Crippen LogP contribution in [0.4, 0.5) is 0 Å². The van der Waals surface area contributed by atoms with E-state index in [1.165, 1.54) is 0 Å². The molecule has 1 heterocycles. The summed E-state index contributed by atoms with van der Waals surface area (Å²) in [5.74, 6) is 0. The zero-order valence-corrected chi connectivity index (χ0v) is 18.5. The molecule has 0 radical (unpaired) electrons. The predicted molar refractivity (Wildman–Crippen MR) is 101 cm³/mol. The molecule has 26 heavy (non-hydrogen) atoms. The van der Waals surface area contributed by atoms with Crippen LogP contribution in [0.15, 0.2) is 0 Å². The molecule has 0 bridgehead atoms. The number of methoxy groups -OCH3 is 2. The van der Waals surface area contributed by atoms with Crippen molar-refractivity contribution in [2.75, 3.05) is 20.8 Å². The molecule has 1 aliphatic heterocycles. The maximum atomic E-state index is 6.40. The molecular formula is C20H40O6. The molecule has 0 aromatic carbocycles. The van der Waals surface area contributed by atoms with Gasteiger partial charge in [-0.1, -0.05) is 0 Å². The highest BCUT2D eigenvalue weighted by molar-refractivity contribution is 4.95. The van der Waals surface area contributed by atoms with Gasteiger partial charge in [0.1, 0.15) is 24.4 Å². The molecule has 2 unspecified atom stereocenters. The van der Waals surface area contributed by atoms with E-state index in [1.54, 1.807) is 14.2 Å². The van der Waals surface area contributed by atoms with E-state index in [0.717, 1.165) is 0 Å². The van der Waals surface area contributed by atoms with Crippen molar-refractivity contribution >= 4 is 0 Å². The van der Waals surface area contributed by atoms with Gasteiger partial charge >= 0.3 is 0 Å². The molecule has 6 heteroatoms. The zero-order valence-electron chi connectivity index (χ0n) is 18.5. The molecule has 1 saturated heterocycles. The van der Waals surface area contributed by atoms with Crippen LogP contribution in [0.3, 0.4) is 0 Å². The maximum Gasteiger partial charge on any atom is 0.187 e. The van der Waals surface area contributed by atoms with Crippen molar-refractivity contribution in [3.05, 3.63) is 0 Å². The van der Waals surface area contributed by atoms with E-state index >= 15 is 0 Å². The Balaban J connectivity index is 3.25. The Morgan fingerprint density at radius 3 is 1.50 bits per heavy atom. The molecule has 5 atom stereocenters. The van der Waals surface area contributed by atoms with Crippen molar-refractivity contribution in [2.45, 2.75) is 110 Å². The third-order valence-electron chi connectivity index (χ3n) is 3.64. The van der Waals surface area contributed by atoms with Crippen LogP contribution < -0.4 is 0 Å². The van der Waals surface area contributed by atoms with E-state index < -0.39 is 12.4 Å². The molecule has 0 N–H and O–H groups in total. The molecular weight excluding hydrogens is 336 g/mol. The van der Waals surface area contributed by atoms with Crippen LogP contribution in [0.5, 0.6) is 0 Å². The molecule has 1 fully saturated rings. The summed E-state index contributed by atoms with van der Waals surface area (Å²) in [7, 11) is 3.30. The maximum absolute atomic E-state index is 6.40. The van der Waals surface area contributed by atoms with Gasteiger partial charge in [-0.05, 0) is 62.3 Å². The average Bonchev–Trinajstić information content (AvgIpc) is 2.38. The van der Waals surface area contributed by atoms with Crippen LogP contribution >= 0.6 is 0 Å². The van der Waals surface area contributed by atoms with Gasteiger partial charge in [-0.3, -0.25) is 0 Å². The van der Waals surface area contributed by atoms with Crippen molar-refractivity contribution in [1.29, 1.82) is 0 Å². The summed E-state index contributed by atoms with van der Waals surface area (Å²) in [6.45, 7) is 18.5. The highest BCUT2D eigenvalue weighted by Gasteiger charge is 2.51. The van der Waals surface area contributed by atoms with Crippen molar-refractivity contribution in [2.24, 2.45) is 0 Å². The van der Waals surface area contributed by atoms with Gasteiger partial charge in [-0.25, -0.2) is 0 Å². The topological polar surface area (TPSA) is 55.4 Å². The van der Waals surface area contributed by atoms with E-state index in [2.05, 4.69) is 0 Å². The largest absolute Gasteiger partial charge is 0.382 e. The van der Waals surface area contributed by atoms with Gasteiger partial charge in [0.25, 0.3) is 0 Å². The third-order valence-corrected chi connectivity index (χ3v) is 3.64. The minimum Gasteiger partial charge on any atom is -0.382 e. The molecule has 0 amide bonds. The zero-order chi connectivity index (χ0) is 20.3. The highest BCUT2D eigenvalue weighted by atomic mass is 16.7. The second kappa shape index (κ2) is 8.84. The Bertz CT molecular complexity index is 417. The first-order valence-corrected chi connectivity index (χ1v) is 9.37. The lowest BCUT2D eigenvalue weighted by molar-refractivity contribution is -0.351. The van der Waals surface area contributed by atoms with Gasteiger partial charge in [0.15, 0.2) is 6.29 Å². The first-order valence-electron chi connectivity index (χ1n) is 9.37. The van der Waals surface area contributed by atoms with Gasteiger partial charge in [0.05, 0.1) is 23.4 Å². The van der Waals surface area contributed by atoms with E-state index in [4.69, 9.17) is 28.4 Å². The SMILES string of the molecule is COCC1O[C@H](OC(C)(C)C)C(OC)[C@@H](OC(C)(C)C)[C@@H]1OC(C)(C)C. The summed E-state index contributed by atoms with van der Waals surface area (Å²) in [6, 6.07) is 0. The normalized spacial score (nSPS) is 31.3. The first kappa shape index (κ1) is 23.8. The Morgan fingerprint density at radius 2 is 1.12 bits per heavy atom. The minimum atomic E-state index is -0.577. The third kappa shape index (κ3) is 7.79. The highest BCUT2D eigenvalue weighted by Crippen LogP contribution is 2.34. The Kier molecular flexibility index (Phi) is 8.09. The van der Waals surface area contributed by atoms with Crippen LogP contribution in [-0.4, -0.2) is 68.3 Å². The summed E-state index contributed by atoms with van der Waals surface area (Å²) in [4.78, 5) is 0. The Hall–Kier alpha value is -0.240. The minimum absolute atomic E-state index is 0.328. The molecule has 0 aliphatic carbocycles. The fourth-order valence-electron chi connectivity index (χ4n) is 2.96. The molecule has 0 aromatic rings. The lowest BCUT2D eigenvalue weighted by Gasteiger charge is -2.49. The van der Waals surface area contributed by atoms with Gasteiger partial charge < -0.3 is 28.4 Å². The van der Waals surface area contributed by atoms with Crippen molar-refractivity contribution in [3.63, 3.8) is 0 Å². The molecule has 0 spiro atoms. The van der Waals surface area contributed by atoms with E-state index in [-0.39, 0.29) is 35.1 Å². The number of rotatable bonds is 6. The second-order valence-corrected chi connectivity index (χ2v) is 9.82. The van der Waals surface area contributed by atoms with Crippen LogP contribution in [0, 0.1) is 0 Å². The number of hydrogen-bond donors (Lipinski definition) is 0. The lowest BCUT2D eigenvalue weighted by atomic mass is 9.96. The van der Waals surface area contributed by atoms with Gasteiger partial charge in [0, 0.05) is 14.2 Å². The summed E-state index contributed by atoms with van der Waals surface area (Å²) >= 11 is 0. The van der Waals surface area contributed by atoms with Crippen molar-refractivity contribution < 1.29 is 28.4 Å². The molecule has 1 aliphatic rings. The Morgan fingerprint density at radius 1 is 0.654 bits per heavy atom. The van der Waals surface area contributed by atoms with Crippen LogP contribution in [0.25, 0.3) is 0 Å². The van der Waals surface area contributed by atoms with E-state index in [1.807, 2.05) is 62.3 Å². The van der Waals surface area contributed by atoms with Gasteiger partial charge in [-0.2, -0.15) is 0 Å². The van der Waals surface area contributed by atoms with E-state index in [0.29, 0.717) is 6.61 Å². The predicted octanol–water partition coefficient (Wildman–Crippen LogP) is 3.56. The number of ether oxygens (including phenoxy) is 6. The van der Waals surface area contributed by atoms with Crippen molar-refractivity contribution in [1.82, 2.24) is 0 Å². The smallest absolute Gasteiger partial charge is 0.187 e. The van der Waals surface area contributed by atoms with Crippen LogP contribution in [0.1, 0.15) is 62.3 Å². The Labute approximate surface area is 159 Å². The van der Waals surface area contributed by atoms with Crippen molar-refractivity contribution in [3.8, 4) is 0 Å². The molecule has 0 aromatic heterocycles. The molecule has 0 saturated carbocycles. The van der Waals surface area contributed by atoms with Gasteiger partial charge in [-0.15, -0.1) is 0 Å². The molecule has 6 nitrogen and oxygen atoms in total. The average molecular weight is 377 g/mol. The van der Waals surface area contributed by atoms with Crippen LogP contribution in [0.2, 0.25) is 0 Å². The summed E-state index contributed by atoms with van der Waals surface area (Å²) in [6.07, 6.45) is -2.04. The van der Waals surface area contributed by atoms with E-state index in [9.17, 15) is 0 Å². The summed E-state index contributed by atoms with van der Waals surface area (Å²) in [5, 5.41) is 0. The van der Waals surface area contributed by atoms with Gasteiger partial charge in [0.2, 0.25) is 0 Å².